The molecule has 17 heavy (non-hydrogen) atoms. The van der Waals surface area contributed by atoms with Crippen LogP contribution in [0.3, 0.4) is 0 Å². The Morgan fingerprint density at radius 2 is 2.00 bits per heavy atom. The van der Waals surface area contributed by atoms with Crippen LogP contribution < -0.4 is 11.1 Å². The van der Waals surface area contributed by atoms with Crippen molar-refractivity contribution in [2.45, 2.75) is 64.3 Å². The number of carbonyl (C=O) groups is 1. The average molecular weight is 256 g/mol. The summed E-state index contributed by atoms with van der Waals surface area (Å²) in [6.07, 6.45) is 7.14. The molecule has 1 saturated carbocycles. The minimum absolute atomic E-state index is 0.0492. The molecular formula is C13H24N2OS. The zero-order valence-corrected chi connectivity index (χ0v) is 11.7. The summed E-state index contributed by atoms with van der Waals surface area (Å²) in [4.78, 5) is 12.5. The van der Waals surface area contributed by atoms with Crippen molar-refractivity contribution in [1.29, 1.82) is 0 Å². The molecule has 0 heterocycles. The van der Waals surface area contributed by atoms with E-state index in [-0.39, 0.29) is 11.8 Å². The van der Waals surface area contributed by atoms with Crippen LogP contribution in [-0.2, 0) is 4.79 Å². The molecule has 0 saturated heterocycles. The first kappa shape index (κ1) is 14.4. The van der Waals surface area contributed by atoms with Gasteiger partial charge in [-0.2, -0.15) is 0 Å². The predicted octanol–water partition coefficient (Wildman–Crippen LogP) is 2.53. The fraction of sp³-hybridized carbons (Fsp3) is 0.846. The number of thiocarbonyl (C=S) groups is 1. The van der Waals surface area contributed by atoms with E-state index in [1.807, 2.05) is 6.92 Å². The Balaban J connectivity index is 2.66. The van der Waals surface area contributed by atoms with Crippen LogP contribution in [0.25, 0.3) is 0 Å². The summed E-state index contributed by atoms with van der Waals surface area (Å²) in [5.74, 6) is 0.148. The van der Waals surface area contributed by atoms with Crippen LogP contribution in [0.1, 0.15) is 58.8 Å². The van der Waals surface area contributed by atoms with Crippen LogP contribution >= 0.6 is 12.2 Å². The molecule has 1 unspecified atom stereocenters. The lowest BCUT2D eigenvalue weighted by molar-refractivity contribution is -0.126. The number of amides is 1. The molecule has 0 aliphatic heterocycles. The van der Waals surface area contributed by atoms with Gasteiger partial charge in [0.2, 0.25) is 5.91 Å². The number of hydrogen-bond acceptors (Lipinski definition) is 2. The van der Waals surface area contributed by atoms with E-state index in [1.165, 1.54) is 6.42 Å². The molecule has 0 spiro atoms. The third kappa shape index (κ3) is 3.66. The maximum absolute atomic E-state index is 12.1. The molecule has 1 rings (SSSR count). The van der Waals surface area contributed by atoms with Gasteiger partial charge in [0, 0.05) is 5.92 Å². The van der Waals surface area contributed by atoms with Gasteiger partial charge in [-0.25, -0.2) is 0 Å². The molecule has 0 aromatic rings. The van der Waals surface area contributed by atoms with E-state index < -0.39 is 5.54 Å². The van der Waals surface area contributed by atoms with Gasteiger partial charge in [-0.1, -0.05) is 51.7 Å². The number of carbonyl (C=O) groups excluding carboxylic acids is 1. The Morgan fingerprint density at radius 1 is 1.41 bits per heavy atom. The maximum Gasteiger partial charge on any atom is 0.223 e. The molecule has 0 bridgehead atoms. The summed E-state index contributed by atoms with van der Waals surface area (Å²) in [6.45, 7) is 4.06. The molecule has 0 radical (unpaired) electrons. The zero-order chi connectivity index (χ0) is 12.9. The quantitative estimate of drug-likeness (QED) is 0.743. The first-order chi connectivity index (χ1) is 8.02. The van der Waals surface area contributed by atoms with Crippen molar-refractivity contribution in [2.75, 3.05) is 0 Å². The molecule has 1 amide bonds. The van der Waals surface area contributed by atoms with Gasteiger partial charge in [-0.3, -0.25) is 4.79 Å². The summed E-state index contributed by atoms with van der Waals surface area (Å²) in [5.41, 5.74) is 5.43. The van der Waals surface area contributed by atoms with Crippen molar-refractivity contribution < 1.29 is 4.79 Å². The van der Waals surface area contributed by atoms with Crippen LogP contribution in [0.4, 0.5) is 0 Å². The normalized spacial score (nSPS) is 20.6. The maximum atomic E-state index is 12.1. The van der Waals surface area contributed by atoms with E-state index >= 15 is 0 Å². The second kappa shape index (κ2) is 6.34. The molecule has 1 aliphatic carbocycles. The largest absolute Gasteiger partial charge is 0.391 e. The molecule has 98 valence electrons. The Hall–Kier alpha value is -0.640. The number of rotatable bonds is 5. The monoisotopic (exact) mass is 256 g/mol. The minimum Gasteiger partial charge on any atom is -0.391 e. The second-order valence-corrected chi connectivity index (χ2v) is 5.63. The molecule has 0 aromatic carbocycles. The van der Waals surface area contributed by atoms with E-state index in [9.17, 15) is 4.79 Å². The van der Waals surface area contributed by atoms with Gasteiger partial charge in [0.15, 0.2) is 0 Å². The van der Waals surface area contributed by atoms with Gasteiger partial charge in [0.1, 0.15) is 0 Å². The van der Waals surface area contributed by atoms with Crippen molar-refractivity contribution in [1.82, 2.24) is 5.32 Å². The second-order valence-electron chi connectivity index (χ2n) is 5.19. The lowest BCUT2D eigenvalue weighted by atomic mass is 9.81. The smallest absolute Gasteiger partial charge is 0.223 e. The fourth-order valence-electron chi connectivity index (χ4n) is 2.51. The zero-order valence-electron chi connectivity index (χ0n) is 10.9. The SMILES string of the molecule is CCCC(C)C(=O)NC1(C(N)=S)CCCCC1. The Kier molecular flexibility index (Phi) is 5.37. The number of nitrogens with two attached hydrogens (primary N) is 1. The standard InChI is InChI=1S/C13H24N2OS/c1-3-7-10(2)11(16)15-13(12(14)17)8-5-4-6-9-13/h10H,3-9H2,1-2H3,(H2,14,17)(H,15,16). The highest BCUT2D eigenvalue weighted by Crippen LogP contribution is 2.29. The van der Waals surface area contributed by atoms with Gasteiger partial charge in [0.25, 0.3) is 0 Å². The summed E-state index contributed by atoms with van der Waals surface area (Å²) >= 11 is 5.16. The van der Waals surface area contributed by atoms with Crippen LogP contribution in [0.5, 0.6) is 0 Å². The highest BCUT2D eigenvalue weighted by atomic mass is 32.1. The van der Waals surface area contributed by atoms with Crippen LogP contribution in [-0.4, -0.2) is 16.4 Å². The highest BCUT2D eigenvalue weighted by Gasteiger charge is 2.37. The molecule has 3 N–H and O–H groups in total. The van der Waals surface area contributed by atoms with Crippen molar-refractivity contribution in [3.63, 3.8) is 0 Å². The molecule has 4 heteroatoms. The molecule has 3 nitrogen and oxygen atoms in total. The van der Waals surface area contributed by atoms with Gasteiger partial charge in [0.05, 0.1) is 10.5 Å². The minimum atomic E-state index is -0.410. The van der Waals surface area contributed by atoms with E-state index in [2.05, 4.69) is 12.2 Å². The summed E-state index contributed by atoms with van der Waals surface area (Å²) < 4.78 is 0. The Labute approximate surface area is 110 Å². The van der Waals surface area contributed by atoms with Gasteiger partial charge in [-0.05, 0) is 19.3 Å². The molecular weight excluding hydrogens is 232 g/mol. The molecule has 1 fully saturated rings. The Bertz CT molecular complexity index is 285. The lowest BCUT2D eigenvalue weighted by Gasteiger charge is -2.37. The summed E-state index contributed by atoms with van der Waals surface area (Å²) in [5, 5.41) is 3.11. The molecule has 1 atom stereocenters. The topological polar surface area (TPSA) is 55.1 Å². The first-order valence-electron chi connectivity index (χ1n) is 6.64. The van der Waals surface area contributed by atoms with E-state index in [0.29, 0.717) is 4.99 Å². The van der Waals surface area contributed by atoms with E-state index in [0.717, 1.165) is 38.5 Å². The Morgan fingerprint density at radius 3 is 2.47 bits per heavy atom. The van der Waals surface area contributed by atoms with Gasteiger partial charge in [-0.15, -0.1) is 0 Å². The van der Waals surface area contributed by atoms with Gasteiger partial charge < -0.3 is 11.1 Å². The first-order valence-corrected chi connectivity index (χ1v) is 7.04. The van der Waals surface area contributed by atoms with Crippen LogP contribution in [0.15, 0.2) is 0 Å². The van der Waals surface area contributed by atoms with Crippen LogP contribution in [0.2, 0.25) is 0 Å². The van der Waals surface area contributed by atoms with Crippen LogP contribution in [0, 0.1) is 5.92 Å². The van der Waals surface area contributed by atoms with Crippen molar-refractivity contribution in [3.05, 3.63) is 0 Å². The van der Waals surface area contributed by atoms with Gasteiger partial charge >= 0.3 is 0 Å². The van der Waals surface area contributed by atoms with Crippen molar-refractivity contribution in [2.24, 2.45) is 11.7 Å². The molecule has 0 aromatic heterocycles. The third-order valence-corrected chi connectivity index (χ3v) is 4.10. The number of nitrogens with one attached hydrogen (secondary N) is 1. The summed E-state index contributed by atoms with van der Waals surface area (Å²) in [6, 6.07) is 0. The van der Waals surface area contributed by atoms with E-state index in [1.54, 1.807) is 0 Å². The average Bonchev–Trinajstić information content (AvgIpc) is 2.30. The van der Waals surface area contributed by atoms with E-state index in [4.69, 9.17) is 18.0 Å². The lowest BCUT2D eigenvalue weighted by Crippen LogP contribution is -2.58. The third-order valence-electron chi connectivity index (χ3n) is 3.71. The highest BCUT2D eigenvalue weighted by molar-refractivity contribution is 7.80. The predicted molar refractivity (Wildman–Crippen MR) is 74.8 cm³/mol. The van der Waals surface area contributed by atoms with Crippen molar-refractivity contribution >= 4 is 23.1 Å². The number of hydrogen-bond donors (Lipinski definition) is 2. The summed E-state index contributed by atoms with van der Waals surface area (Å²) in [7, 11) is 0. The van der Waals surface area contributed by atoms with Crippen molar-refractivity contribution in [3.8, 4) is 0 Å². The fourth-order valence-corrected chi connectivity index (χ4v) is 2.77. The molecule has 1 aliphatic rings.